The lowest BCUT2D eigenvalue weighted by Gasteiger charge is -2.27. The van der Waals surface area contributed by atoms with Crippen molar-refractivity contribution in [3.8, 4) is 11.3 Å². The summed E-state index contributed by atoms with van der Waals surface area (Å²) in [5, 5.41) is 0.298. The Kier molecular flexibility index (Phi) is 2.99. The molecule has 2 aliphatic rings. The summed E-state index contributed by atoms with van der Waals surface area (Å²) in [6.45, 7) is 0.835. The number of fused-ring (bicyclic) bond motifs is 3. The summed E-state index contributed by atoms with van der Waals surface area (Å²) >= 11 is 1.46. The summed E-state index contributed by atoms with van der Waals surface area (Å²) < 4.78 is 17.6. The lowest BCUT2D eigenvalue weighted by atomic mass is 10.1. The summed E-state index contributed by atoms with van der Waals surface area (Å²) in [5.41, 5.74) is 2.91. The number of anilines is 1. The molecule has 0 N–H and O–H groups in total. The van der Waals surface area contributed by atoms with Gasteiger partial charge in [0, 0.05) is 34.7 Å². The first-order valence-corrected chi connectivity index (χ1v) is 9.76. The Hall–Kier alpha value is -1.86. The second-order valence-corrected chi connectivity index (χ2v) is 8.52. The Balaban J connectivity index is 1.62. The molecule has 0 saturated carbocycles. The van der Waals surface area contributed by atoms with E-state index in [0.717, 1.165) is 46.0 Å². The van der Waals surface area contributed by atoms with Crippen LogP contribution in [0.25, 0.3) is 21.5 Å². The van der Waals surface area contributed by atoms with E-state index in [0.29, 0.717) is 11.3 Å². The molecule has 1 aromatic carbocycles. The van der Waals surface area contributed by atoms with Crippen molar-refractivity contribution < 1.29 is 4.21 Å². The zero-order valence-corrected chi connectivity index (χ0v) is 13.9. The van der Waals surface area contributed by atoms with Gasteiger partial charge in [-0.25, -0.2) is 9.97 Å². The van der Waals surface area contributed by atoms with Crippen molar-refractivity contribution in [1.82, 2.24) is 14.3 Å². The van der Waals surface area contributed by atoms with Gasteiger partial charge in [-0.15, -0.1) is 0 Å². The van der Waals surface area contributed by atoms with Crippen LogP contribution < -0.4 is 4.90 Å². The quantitative estimate of drug-likeness (QED) is 0.716. The highest BCUT2D eigenvalue weighted by Crippen LogP contribution is 2.39. The van der Waals surface area contributed by atoms with Crippen LogP contribution in [0.4, 0.5) is 5.82 Å². The SMILES string of the molecule is O=S1C[C@@H]2C[C@H]1CN2c1ncnc2c(-c3ccccc3)nsc12. The maximum Gasteiger partial charge on any atom is 0.152 e. The third-order valence-corrected chi connectivity index (χ3v) is 7.29. The van der Waals surface area contributed by atoms with Crippen LogP contribution in [0, 0.1) is 0 Å². The van der Waals surface area contributed by atoms with Gasteiger partial charge in [0.25, 0.3) is 0 Å². The van der Waals surface area contributed by atoms with Crippen LogP contribution in [0.2, 0.25) is 0 Å². The lowest BCUT2D eigenvalue weighted by molar-refractivity contribution is 0.671. The fraction of sp³-hybridized carbons (Fsp3) is 0.312. The molecule has 4 heterocycles. The van der Waals surface area contributed by atoms with Crippen LogP contribution in [0.5, 0.6) is 0 Å². The smallest absolute Gasteiger partial charge is 0.152 e. The molecule has 2 aliphatic heterocycles. The van der Waals surface area contributed by atoms with Crippen LogP contribution >= 0.6 is 11.5 Å². The highest BCUT2D eigenvalue weighted by Gasteiger charge is 2.44. The molecule has 0 aliphatic carbocycles. The van der Waals surface area contributed by atoms with Gasteiger partial charge in [0.2, 0.25) is 0 Å². The molecular weight excluding hydrogens is 328 g/mol. The Labute approximate surface area is 140 Å². The van der Waals surface area contributed by atoms with Crippen molar-refractivity contribution in [3.05, 3.63) is 36.7 Å². The zero-order valence-electron chi connectivity index (χ0n) is 12.3. The summed E-state index contributed by atoms with van der Waals surface area (Å²) in [6, 6.07) is 10.5. The number of benzene rings is 1. The maximum atomic E-state index is 11.9. The monoisotopic (exact) mass is 342 g/mol. The maximum absolute atomic E-state index is 11.9. The molecule has 3 aromatic rings. The van der Waals surface area contributed by atoms with Gasteiger partial charge in [-0.3, -0.25) is 4.21 Å². The largest absolute Gasteiger partial charge is 0.350 e. The first-order valence-electron chi connectivity index (χ1n) is 7.61. The number of rotatable bonds is 2. The van der Waals surface area contributed by atoms with Gasteiger partial charge in [0.1, 0.15) is 22.2 Å². The van der Waals surface area contributed by atoms with E-state index in [1.807, 2.05) is 18.2 Å². The third-order valence-electron chi connectivity index (χ3n) is 4.66. The van der Waals surface area contributed by atoms with Gasteiger partial charge in [0.15, 0.2) is 5.82 Å². The molecule has 5 nitrogen and oxygen atoms in total. The summed E-state index contributed by atoms with van der Waals surface area (Å²) in [6.07, 6.45) is 2.64. The molecule has 0 radical (unpaired) electrons. The van der Waals surface area contributed by atoms with Crippen LogP contribution in [0.15, 0.2) is 36.7 Å². The minimum atomic E-state index is -0.661. The number of hydrogen-bond donors (Lipinski definition) is 0. The molecule has 2 bridgehead atoms. The molecule has 1 unspecified atom stereocenters. The predicted octanol–water partition coefficient (Wildman–Crippen LogP) is 2.46. The second kappa shape index (κ2) is 5.07. The molecule has 5 rings (SSSR count). The van der Waals surface area contributed by atoms with Crippen LogP contribution in [0.3, 0.4) is 0 Å². The fourth-order valence-electron chi connectivity index (χ4n) is 3.55. The van der Waals surface area contributed by atoms with E-state index >= 15 is 0 Å². The molecule has 0 amide bonds. The molecule has 0 spiro atoms. The highest BCUT2D eigenvalue weighted by atomic mass is 32.2. The standard InChI is InChI=1S/C16H14N4OS2/c21-23-8-11-6-12(23)7-20(11)16-15-14(17-9-18-16)13(19-22-15)10-4-2-1-3-5-10/h1-5,9,11-12H,6-8H2/t11-,12-,23?/m0/s1. The molecule has 3 atom stereocenters. The van der Waals surface area contributed by atoms with E-state index in [-0.39, 0.29) is 0 Å². The average molecular weight is 342 g/mol. The summed E-state index contributed by atoms with van der Waals surface area (Å²) in [5.74, 6) is 1.72. The highest BCUT2D eigenvalue weighted by molar-refractivity contribution is 7.86. The normalized spacial score (nSPS) is 26.3. The van der Waals surface area contributed by atoms with Gasteiger partial charge in [-0.2, -0.15) is 4.37 Å². The topological polar surface area (TPSA) is 59.0 Å². The Morgan fingerprint density at radius 3 is 2.83 bits per heavy atom. The third kappa shape index (κ3) is 2.03. The predicted molar refractivity (Wildman–Crippen MR) is 93.2 cm³/mol. The molecule has 7 heteroatoms. The van der Waals surface area contributed by atoms with Gasteiger partial charge in [0.05, 0.1) is 5.25 Å². The van der Waals surface area contributed by atoms with Crippen molar-refractivity contribution in [1.29, 1.82) is 0 Å². The van der Waals surface area contributed by atoms with Crippen molar-refractivity contribution in [3.63, 3.8) is 0 Å². The fourth-order valence-corrected chi connectivity index (χ4v) is 6.14. The van der Waals surface area contributed by atoms with E-state index in [1.165, 1.54) is 11.5 Å². The minimum absolute atomic E-state index is 0.298. The first kappa shape index (κ1) is 13.6. The molecule has 2 fully saturated rings. The van der Waals surface area contributed by atoms with Crippen molar-refractivity contribution in [2.75, 3.05) is 17.2 Å². The molecular formula is C16H14N4OS2. The molecule has 2 saturated heterocycles. The molecule has 116 valence electrons. The van der Waals surface area contributed by atoms with Crippen LogP contribution in [0.1, 0.15) is 6.42 Å². The van der Waals surface area contributed by atoms with Gasteiger partial charge in [-0.05, 0) is 18.0 Å². The number of aromatic nitrogens is 3. The van der Waals surface area contributed by atoms with Crippen molar-refractivity contribution in [2.24, 2.45) is 0 Å². The van der Waals surface area contributed by atoms with Gasteiger partial charge < -0.3 is 4.90 Å². The lowest BCUT2D eigenvalue weighted by Crippen LogP contribution is -2.38. The van der Waals surface area contributed by atoms with E-state index in [1.54, 1.807) is 6.33 Å². The Morgan fingerprint density at radius 1 is 1.22 bits per heavy atom. The van der Waals surface area contributed by atoms with Crippen LogP contribution in [-0.4, -0.2) is 42.1 Å². The Bertz CT molecular complexity index is 911. The van der Waals surface area contributed by atoms with E-state index in [4.69, 9.17) is 0 Å². The number of nitrogens with zero attached hydrogens (tertiary/aromatic N) is 4. The minimum Gasteiger partial charge on any atom is -0.350 e. The number of hydrogen-bond acceptors (Lipinski definition) is 6. The van der Waals surface area contributed by atoms with Crippen LogP contribution in [-0.2, 0) is 10.8 Å². The molecule has 23 heavy (non-hydrogen) atoms. The molecule has 2 aromatic heterocycles. The van der Waals surface area contributed by atoms with E-state index in [2.05, 4.69) is 31.4 Å². The van der Waals surface area contributed by atoms with Crippen molar-refractivity contribution >= 4 is 38.4 Å². The second-order valence-electron chi connectivity index (χ2n) is 5.98. The van der Waals surface area contributed by atoms with Gasteiger partial charge >= 0.3 is 0 Å². The Morgan fingerprint density at radius 2 is 2.09 bits per heavy atom. The summed E-state index contributed by atoms with van der Waals surface area (Å²) in [7, 11) is -0.661. The zero-order chi connectivity index (χ0) is 15.4. The van der Waals surface area contributed by atoms with Crippen molar-refractivity contribution in [2.45, 2.75) is 17.7 Å². The first-order chi connectivity index (χ1) is 11.3. The van der Waals surface area contributed by atoms with E-state index < -0.39 is 10.8 Å². The summed E-state index contributed by atoms with van der Waals surface area (Å²) in [4.78, 5) is 11.3. The van der Waals surface area contributed by atoms with E-state index in [9.17, 15) is 4.21 Å². The van der Waals surface area contributed by atoms with Gasteiger partial charge in [-0.1, -0.05) is 30.3 Å². The average Bonchev–Trinajstić information content (AvgIpc) is 3.28.